The molecule has 172 valence electrons. The number of benzene rings is 3. The van der Waals surface area contributed by atoms with Gasteiger partial charge in [0.2, 0.25) is 5.91 Å². The molecule has 7 nitrogen and oxygen atoms in total. The highest BCUT2D eigenvalue weighted by molar-refractivity contribution is 6.09. The van der Waals surface area contributed by atoms with Crippen molar-refractivity contribution in [3.8, 4) is 0 Å². The number of hydrogen-bond acceptors (Lipinski definition) is 4. The number of nitrogens with zero attached hydrogens (tertiary/aromatic N) is 2. The van der Waals surface area contributed by atoms with Crippen LogP contribution >= 0.6 is 0 Å². The molecule has 0 unspecified atom stereocenters. The summed E-state index contributed by atoms with van der Waals surface area (Å²) < 4.78 is 0. The molecule has 2 aliphatic heterocycles. The first-order valence-corrected chi connectivity index (χ1v) is 11.3. The van der Waals surface area contributed by atoms with E-state index in [9.17, 15) is 14.4 Å². The third-order valence-corrected chi connectivity index (χ3v) is 6.74. The zero-order valence-corrected chi connectivity index (χ0v) is 18.9. The Bertz CT molecular complexity index is 1190. The van der Waals surface area contributed by atoms with Crippen LogP contribution in [0.25, 0.3) is 0 Å². The van der Waals surface area contributed by atoms with Gasteiger partial charge in [0.25, 0.3) is 5.91 Å². The van der Waals surface area contributed by atoms with Gasteiger partial charge in [0.05, 0.1) is 12.7 Å². The van der Waals surface area contributed by atoms with Crippen LogP contribution in [0.4, 0.5) is 4.79 Å². The minimum atomic E-state index is -1.32. The summed E-state index contributed by atoms with van der Waals surface area (Å²) in [6.45, 7) is 0.480. The summed E-state index contributed by atoms with van der Waals surface area (Å²) in [7, 11) is 1.60. The second-order valence-electron chi connectivity index (χ2n) is 8.64. The Balaban J connectivity index is 1.52. The fourth-order valence-corrected chi connectivity index (χ4v) is 4.97. The molecule has 2 N–H and O–H groups in total. The van der Waals surface area contributed by atoms with Crippen molar-refractivity contribution >= 4 is 17.8 Å². The highest BCUT2D eigenvalue weighted by Gasteiger charge is 2.54. The molecule has 5 rings (SSSR count). The lowest BCUT2D eigenvalue weighted by atomic mass is 9.82. The van der Waals surface area contributed by atoms with E-state index in [2.05, 4.69) is 10.6 Å². The number of nitrogens with one attached hydrogen (secondary N) is 2. The highest BCUT2D eigenvalue weighted by Crippen LogP contribution is 2.36. The third kappa shape index (κ3) is 3.54. The molecule has 0 radical (unpaired) electrons. The second-order valence-corrected chi connectivity index (χ2v) is 8.64. The summed E-state index contributed by atoms with van der Waals surface area (Å²) in [4.78, 5) is 43.2. The van der Waals surface area contributed by atoms with Gasteiger partial charge in [0.15, 0.2) is 5.54 Å². The molecule has 1 saturated heterocycles. The van der Waals surface area contributed by atoms with Gasteiger partial charge in [0.1, 0.15) is 0 Å². The normalized spacial score (nSPS) is 19.4. The minimum Gasteiger partial charge on any atom is -0.358 e. The van der Waals surface area contributed by atoms with Gasteiger partial charge in [-0.25, -0.2) is 9.69 Å². The molecule has 0 spiro atoms. The van der Waals surface area contributed by atoms with E-state index >= 15 is 0 Å². The van der Waals surface area contributed by atoms with Crippen molar-refractivity contribution in [3.63, 3.8) is 0 Å². The Kier molecular flexibility index (Phi) is 5.63. The Hall–Kier alpha value is -3.97. The molecule has 7 heteroatoms. The van der Waals surface area contributed by atoms with Crippen LogP contribution in [0.15, 0.2) is 84.9 Å². The van der Waals surface area contributed by atoms with Crippen LogP contribution < -0.4 is 10.6 Å². The van der Waals surface area contributed by atoms with Crippen LogP contribution in [0.3, 0.4) is 0 Å². The van der Waals surface area contributed by atoms with Crippen molar-refractivity contribution in [1.82, 2.24) is 20.4 Å². The number of fused-ring (bicyclic) bond motifs is 1. The summed E-state index contributed by atoms with van der Waals surface area (Å²) in [6, 6.07) is 25.5. The molecule has 4 amide bonds. The maximum atomic E-state index is 14.0. The van der Waals surface area contributed by atoms with E-state index in [1.807, 2.05) is 89.8 Å². The van der Waals surface area contributed by atoms with Gasteiger partial charge < -0.3 is 10.6 Å². The van der Waals surface area contributed by atoms with Crippen LogP contribution in [0.5, 0.6) is 0 Å². The number of rotatable bonds is 5. The maximum Gasteiger partial charge on any atom is 0.326 e. The smallest absolute Gasteiger partial charge is 0.326 e. The van der Waals surface area contributed by atoms with Crippen LogP contribution in [-0.4, -0.2) is 47.4 Å². The number of hydrogen-bond donors (Lipinski definition) is 2. The van der Waals surface area contributed by atoms with Crippen molar-refractivity contribution in [2.24, 2.45) is 0 Å². The largest absolute Gasteiger partial charge is 0.358 e. The predicted molar refractivity (Wildman–Crippen MR) is 127 cm³/mol. The Labute approximate surface area is 198 Å². The molecule has 2 heterocycles. The molecular weight excluding hydrogens is 428 g/mol. The maximum absolute atomic E-state index is 14.0. The summed E-state index contributed by atoms with van der Waals surface area (Å²) >= 11 is 0. The first kappa shape index (κ1) is 21.9. The molecule has 0 saturated carbocycles. The van der Waals surface area contributed by atoms with Crippen molar-refractivity contribution in [2.75, 3.05) is 13.7 Å². The van der Waals surface area contributed by atoms with Crippen molar-refractivity contribution in [3.05, 3.63) is 107 Å². The molecule has 2 aliphatic rings. The first-order chi connectivity index (χ1) is 16.5. The highest BCUT2D eigenvalue weighted by atomic mass is 16.2. The van der Waals surface area contributed by atoms with Gasteiger partial charge in [-0.1, -0.05) is 84.9 Å². The lowest BCUT2D eigenvalue weighted by molar-refractivity contribution is -0.135. The van der Waals surface area contributed by atoms with E-state index in [1.54, 1.807) is 7.05 Å². The molecule has 3 aromatic rings. The fourth-order valence-electron chi connectivity index (χ4n) is 4.97. The predicted octanol–water partition coefficient (Wildman–Crippen LogP) is 2.61. The lowest BCUT2D eigenvalue weighted by Crippen LogP contribution is -2.54. The molecule has 3 aromatic carbocycles. The molecule has 1 atom stereocenters. The first-order valence-electron chi connectivity index (χ1n) is 11.3. The van der Waals surface area contributed by atoms with Crippen molar-refractivity contribution < 1.29 is 14.4 Å². The van der Waals surface area contributed by atoms with Crippen LogP contribution in [-0.2, 0) is 28.1 Å². The molecule has 0 aromatic heterocycles. The van der Waals surface area contributed by atoms with Gasteiger partial charge in [-0.3, -0.25) is 14.5 Å². The topological polar surface area (TPSA) is 81.8 Å². The van der Waals surface area contributed by atoms with E-state index < -0.39 is 17.6 Å². The quantitative estimate of drug-likeness (QED) is 0.581. The van der Waals surface area contributed by atoms with Crippen LogP contribution in [0, 0.1) is 0 Å². The molecule has 1 fully saturated rings. The lowest BCUT2D eigenvalue weighted by Gasteiger charge is -2.37. The van der Waals surface area contributed by atoms with Gasteiger partial charge in [-0.15, -0.1) is 0 Å². The van der Waals surface area contributed by atoms with Gasteiger partial charge in [-0.2, -0.15) is 0 Å². The van der Waals surface area contributed by atoms with E-state index in [0.29, 0.717) is 24.1 Å². The average Bonchev–Trinajstić information content (AvgIpc) is 3.14. The molecule has 34 heavy (non-hydrogen) atoms. The van der Waals surface area contributed by atoms with Crippen molar-refractivity contribution in [1.29, 1.82) is 0 Å². The monoisotopic (exact) mass is 454 g/mol. The minimum absolute atomic E-state index is 0.0124. The number of amides is 4. The zero-order valence-electron chi connectivity index (χ0n) is 18.9. The van der Waals surface area contributed by atoms with Gasteiger partial charge >= 0.3 is 6.03 Å². The number of imide groups is 1. The molecule has 0 aliphatic carbocycles. The van der Waals surface area contributed by atoms with Crippen LogP contribution in [0.2, 0.25) is 0 Å². The standard InChI is InChI=1S/C27H26N4O3/c1-28-24(32)23-16-19-10-8-9-11-20(19)17-30(23)18-31-25(33)27(29-26(31)34,21-12-4-2-5-13-21)22-14-6-3-7-15-22/h2-15,23H,16-18H2,1H3,(H,28,32)(H,29,34)/t23-/m0/s1. The van der Waals surface area contributed by atoms with Gasteiger partial charge in [0, 0.05) is 13.6 Å². The summed E-state index contributed by atoms with van der Waals surface area (Å²) in [5.74, 6) is -0.497. The third-order valence-electron chi connectivity index (χ3n) is 6.74. The average molecular weight is 455 g/mol. The fraction of sp³-hybridized carbons (Fsp3) is 0.222. The summed E-state index contributed by atoms with van der Waals surface area (Å²) in [6.07, 6.45) is 0.516. The van der Waals surface area contributed by atoms with Crippen molar-refractivity contribution in [2.45, 2.75) is 24.5 Å². The second kappa shape index (κ2) is 8.76. The SMILES string of the molecule is CNC(=O)[C@@H]1Cc2ccccc2CN1CN1C(=O)NC(c2ccccc2)(c2ccccc2)C1=O. The number of urea groups is 1. The summed E-state index contributed by atoms with van der Waals surface area (Å²) in [5.41, 5.74) is 2.25. The van der Waals surface area contributed by atoms with E-state index in [1.165, 1.54) is 4.90 Å². The molecule has 0 bridgehead atoms. The van der Waals surface area contributed by atoms with Gasteiger partial charge in [-0.05, 0) is 28.7 Å². The zero-order chi connectivity index (χ0) is 23.7. The number of likely N-dealkylation sites (N-methyl/N-ethyl adjacent to an activating group) is 1. The Morgan fingerprint density at radius 3 is 2.06 bits per heavy atom. The van der Waals surface area contributed by atoms with E-state index in [-0.39, 0.29) is 18.5 Å². The molecular formula is C27H26N4O3. The summed E-state index contributed by atoms with van der Waals surface area (Å²) in [5, 5.41) is 5.70. The van der Waals surface area contributed by atoms with E-state index in [4.69, 9.17) is 0 Å². The van der Waals surface area contributed by atoms with E-state index in [0.717, 1.165) is 11.1 Å². The Morgan fingerprint density at radius 2 is 1.47 bits per heavy atom. The number of carbonyl (C=O) groups is 3. The number of carbonyl (C=O) groups excluding carboxylic acids is 3. The Morgan fingerprint density at radius 1 is 0.912 bits per heavy atom. The van der Waals surface area contributed by atoms with Crippen LogP contribution in [0.1, 0.15) is 22.3 Å².